The number of hydrogen-bond acceptors (Lipinski definition) is 2. The summed E-state index contributed by atoms with van der Waals surface area (Å²) in [7, 11) is 0. The maximum Gasteiger partial charge on any atom is 0.154 e. The molecule has 0 atom stereocenters. The highest BCUT2D eigenvalue weighted by molar-refractivity contribution is 6.17. The lowest BCUT2D eigenvalue weighted by atomic mass is 10.0. The van der Waals surface area contributed by atoms with Crippen LogP contribution in [0.25, 0.3) is 28.2 Å². The molecule has 0 radical (unpaired) electrons. The van der Waals surface area contributed by atoms with Gasteiger partial charge in [0, 0.05) is 23.2 Å². The van der Waals surface area contributed by atoms with Gasteiger partial charge in [0.2, 0.25) is 0 Å². The van der Waals surface area contributed by atoms with Crippen LogP contribution in [0.15, 0.2) is 72.9 Å². The zero-order valence-electron chi connectivity index (χ0n) is 12.4. The van der Waals surface area contributed by atoms with E-state index in [2.05, 4.69) is 29.4 Å². The second kappa shape index (κ2) is 5.86. The van der Waals surface area contributed by atoms with Gasteiger partial charge in [-0.2, -0.15) is 5.10 Å². The van der Waals surface area contributed by atoms with Crippen LogP contribution in [-0.4, -0.2) is 14.6 Å². The van der Waals surface area contributed by atoms with Crippen LogP contribution >= 0.6 is 11.6 Å². The third-order valence-corrected chi connectivity index (χ3v) is 4.13. The van der Waals surface area contributed by atoms with E-state index in [0.717, 1.165) is 33.7 Å². The second-order valence-electron chi connectivity index (χ2n) is 5.30. The SMILES string of the molecule is ClCc1ccc(-c2nc3cccnn3c2-c2ccccc2)cc1. The lowest BCUT2D eigenvalue weighted by Crippen LogP contribution is -1.93. The van der Waals surface area contributed by atoms with Crippen LogP contribution in [0.3, 0.4) is 0 Å². The predicted octanol–water partition coefficient (Wildman–Crippen LogP) is 4.80. The number of fused-ring (bicyclic) bond motifs is 1. The highest BCUT2D eigenvalue weighted by Crippen LogP contribution is 2.32. The summed E-state index contributed by atoms with van der Waals surface area (Å²) in [6.45, 7) is 0. The normalized spacial score (nSPS) is 11.0. The van der Waals surface area contributed by atoms with Crippen molar-refractivity contribution in [2.45, 2.75) is 5.88 Å². The van der Waals surface area contributed by atoms with Gasteiger partial charge in [0.05, 0.1) is 5.69 Å². The number of halogens is 1. The Kier molecular flexibility index (Phi) is 3.56. The molecule has 0 aliphatic heterocycles. The topological polar surface area (TPSA) is 30.2 Å². The van der Waals surface area contributed by atoms with Crippen molar-refractivity contribution >= 4 is 17.2 Å². The first-order chi connectivity index (χ1) is 11.4. The van der Waals surface area contributed by atoms with E-state index < -0.39 is 0 Å². The molecule has 0 bridgehead atoms. The molecule has 0 N–H and O–H groups in total. The molecule has 112 valence electrons. The first-order valence-corrected chi connectivity index (χ1v) is 7.95. The Hall–Kier alpha value is -2.65. The summed E-state index contributed by atoms with van der Waals surface area (Å²) < 4.78 is 1.89. The number of hydrogen-bond donors (Lipinski definition) is 0. The molecule has 2 heterocycles. The van der Waals surface area contributed by atoms with Gasteiger partial charge in [0.25, 0.3) is 0 Å². The quantitative estimate of drug-likeness (QED) is 0.508. The summed E-state index contributed by atoms with van der Waals surface area (Å²) in [4.78, 5) is 4.78. The van der Waals surface area contributed by atoms with Crippen LogP contribution in [0.5, 0.6) is 0 Å². The first-order valence-electron chi connectivity index (χ1n) is 7.41. The van der Waals surface area contributed by atoms with Gasteiger partial charge in [-0.1, -0.05) is 54.6 Å². The fraction of sp³-hybridized carbons (Fsp3) is 0.0526. The maximum atomic E-state index is 5.89. The summed E-state index contributed by atoms with van der Waals surface area (Å²) in [5, 5.41) is 4.47. The summed E-state index contributed by atoms with van der Waals surface area (Å²) in [5.41, 5.74) is 6.01. The van der Waals surface area contributed by atoms with Crippen molar-refractivity contribution in [2.24, 2.45) is 0 Å². The molecule has 0 amide bonds. The van der Waals surface area contributed by atoms with Crippen LogP contribution in [0.4, 0.5) is 0 Å². The number of rotatable bonds is 3. The average molecular weight is 320 g/mol. The molecule has 0 spiro atoms. The minimum absolute atomic E-state index is 0.512. The van der Waals surface area contributed by atoms with Gasteiger partial charge in [0.15, 0.2) is 5.65 Å². The van der Waals surface area contributed by atoms with E-state index in [4.69, 9.17) is 16.6 Å². The van der Waals surface area contributed by atoms with Gasteiger partial charge < -0.3 is 0 Å². The lowest BCUT2D eigenvalue weighted by Gasteiger charge is -2.05. The molecule has 4 rings (SSSR count). The molecule has 0 aliphatic rings. The fourth-order valence-corrected chi connectivity index (χ4v) is 2.87. The highest BCUT2D eigenvalue weighted by atomic mass is 35.5. The van der Waals surface area contributed by atoms with Crippen LogP contribution in [0, 0.1) is 0 Å². The molecule has 0 saturated heterocycles. The van der Waals surface area contributed by atoms with E-state index in [0.29, 0.717) is 5.88 Å². The van der Waals surface area contributed by atoms with Crippen molar-refractivity contribution in [1.82, 2.24) is 14.6 Å². The highest BCUT2D eigenvalue weighted by Gasteiger charge is 2.16. The number of nitrogens with zero attached hydrogens (tertiary/aromatic N) is 3. The molecule has 0 unspecified atom stereocenters. The number of alkyl halides is 1. The van der Waals surface area contributed by atoms with Crippen molar-refractivity contribution in [3.63, 3.8) is 0 Å². The van der Waals surface area contributed by atoms with E-state index >= 15 is 0 Å². The fourth-order valence-electron chi connectivity index (χ4n) is 2.70. The molecular weight excluding hydrogens is 306 g/mol. The standard InChI is InChI=1S/C19H14ClN3/c20-13-14-8-10-15(11-9-14)18-19(16-5-2-1-3-6-16)23-17(22-18)7-4-12-21-23/h1-12H,13H2. The molecular formula is C19H14ClN3. The zero-order valence-corrected chi connectivity index (χ0v) is 13.1. The Balaban J connectivity index is 1.98. The third kappa shape index (κ3) is 2.49. The third-order valence-electron chi connectivity index (χ3n) is 3.82. The Morgan fingerprint density at radius 3 is 2.35 bits per heavy atom. The lowest BCUT2D eigenvalue weighted by molar-refractivity contribution is 0.943. The number of benzene rings is 2. The van der Waals surface area contributed by atoms with E-state index in [1.807, 2.05) is 47.0 Å². The van der Waals surface area contributed by atoms with Crippen molar-refractivity contribution < 1.29 is 0 Å². The Morgan fingerprint density at radius 2 is 1.61 bits per heavy atom. The van der Waals surface area contributed by atoms with Crippen molar-refractivity contribution in [3.05, 3.63) is 78.5 Å². The van der Waals surface area contributed by atoms with Crippen LogP contribution in [-0.2, 0) is 5.88 Å². The molecule has 0 saturated carbocycles. The van der Waals surface area contributed by atoms with Gasteiger partial charge in [0.1, 0.15) is 5.69 Å². The van der Waals surface area contributed by atoms with E-state index in [1.54, 1.807) is 6.20 Å². The summed E-state index contributed by atoms with van der Waals surface area (Å²) in [6.07, 6.45) is 1.78. The molecule has 3 nitrogen and oxygen atoms in total. The number of imidazole rings is 1. The first kappa shape index (κ1) is 14.0. The van der Waals surface area contributed by atoms with Crippen molar-refractivity contribution in [2.75, 3.05) is 0 Å². The second-order valence-corrected chi connectivity index (χ2v) is 5.57. The average Bonchev–Trinajstić information content (AvgIpc) is 3.02. The number of aromatic nitrogens is 3. The van der Waals surface area contributed by atoms with Crippen LogP contribution in [0.1, 0.15) is 5.56 Å². The van der Waals surface area contributed by atoms with E-state index in [1.165, 1.54) is 0 Å². The molecule has 0 aliphatic carbocycles. The van der Waals surface area contributed by atoms with Crippen molar-refractivity contribution in [1.29, 1.82) is 0 Å². The molecule has 2 aromatic heterocycles. The molecule has 2 aromatic carbocycles. The zero-order chi connectivity index (χ0) is 15.6. The monoisotopic (exact) mass is 319 g/mol. The summed E-state index contributed by atoms with van der Waals surface area (Å²) in [6, 6.07) is 22.3. The summed E-state index contributed by atoms with van der Waals surface area (Å²) in [5.74, 6) is 0.512. The van der Waals surface area contributed by atoms with Gasteiger partial charge in [-0.05, 0) is 17.7 Å². The Bertz CT molecular complexity index is 943. The van der Waals surface area contributed by atoms with E-state index in [-0.39, 0.29) is 0 Å². The van der Waals surface area contributed by atoms with Gasteiger partial charge in [-0.25, -0.2) is 9.50 Å². The Morgan fingerprint density at radius 1 is 0.826 bits per heavy atom. The summed E-state index contributed by atoms with van der Waals surface area (Å²) >= 11 is 5.89. The van der Waals surface area contributed by atoms with Crippen LogP contribution in [0.2, 0.25) is 0 Å². The van der Waals surface area contributed by atoms with E-state index in [9.17, 15) is 0 Å². The van der Waals surface area contributed by atoms with Gasteiger partial charge in [-0.3, -0.25) is 0 Å². The van der Waals surface area contributed by atoms with Gasteiger partial charge in [-0.15, -0.1) is 11.6 Å². The van der Waals surface area contributed by atoms with Crippen LogP contribution < -0.4 is 0 Å². The van der Waals surface area contributed by atoms with Gasteiger partial charge >= 0.3 is 0 Å². The smallest absolute Gasteiger partial charge is 0.154 e. The maximum absolute atomic E-state index is 5.89. The molecule has 4 heteroatoms. The van der Waals surface area contributed by atoms with Crippen molar-refractivity contribution in [3.8, 4) is 22.5 Å². The largest absolute Gasteiger partial charge is 0.226 e. The Labute approximate surface area is 139 Å². The predicted molar refractivity (Wildman–Crippen MR) is 93.4 cm³/mol. The minimum Gasteiger partial charge on any atom is -0.226 e. The molecule has 23 heavy (non-hydrogen) atoms. The minimum atomic E-state index is 0.512. The molecule has 4 aromatic rings. The molecule has 0 fully saturated rings.